The molecule has 1 aromatic rings. The van der Waals surface area contributed by atoms with E-state index in [-0.39, 0.29) is 17.9 Å². The fraction of sp³-hybridized carbons (Fsp3) is 0.364. The third-order valence-corrected chi connectivity index (χ3v) is 2.12. The summed E-state index contributed by atoms with van der Waals surface area (Å²) in [7, 11) is 0. The van der Waals surface area contributed by atoms with Crippen LogP contribution in [0.4, 0.5) is 8.78 Å². The van der Waals surface area contributed by atoms with E-state index in [9.17, 15) is 13.6 Å². The highest BCUT2D eigenvalue weighted by atomic mass is 19.3. The predicted octanol–water partition coefficient (Wildman–Crippen LogP) is 2.22. The molecule has 0 fully saturated rings. The van der Waals surface area contributed by atoms with Gasteiger partial charge in [-0.05, 0) is 12.0 Å². The average molecular weight is 213 g/mol. The highest BCUT2D eigenvalue weighted by molar-refractivity contribution is 5.73. The topological polar surface area (TPSA) is 43.1 Å². The number of hydrogen-bond donors (Lipinski definition) is 1. The van der Waals surface area contributed by atoms with Crippen LogP contribution in [0.5, 0.6) is 0 Å². The predicted molar refractivity (Wildman–Crippen MR) is 53.5 cm³/mol. The van der Waals surface area contributed by atoms with Crippen LogP contribution < -0.4 is 5.73 Å². The van der Waals surface area contributed by atoms with E-state index in [1.54, 1.807) is 12.1 Å². The monoisotopic (exact) mass is 213 g/mol. The van der Waals surface area contributed by atoms with Gasteiger partial charge in [-0.1, -0.05) is 24.3 Å². The number of primary amides is 1. The number of carbonyl (C=O) groups excluding carboxylic acids is 1. The van der Waals surface area contributed by atoms with Crippen molar-refractivity contribution < 1.29 is 13.6 Å². The lowest BCUT2D eigenvalue weighted by molar-refractivity contribution is -0.117. The molecule has 1 aromatic carbocycles. The summed E-state index contributed by atoms with van der Waals surface area (Å²) in [5, 5.41) is 0. The molecule has 1 amide bonds. The number of hydrogen-bond acceptors (Lipinski definition) is 1. The molecule has 0 aliphatic heterocycles. The van der Waals surface area contributed by atoms with E-state index in [1.165, 1.54) is 12.1 Å². The lowest BCUT2D eigenvalue weighted by Gasteiger charge is -2.10. The first kappa shape index (κ1) is 11.6. The maximum Gasteiger partial charge on any atom is 0.270 e. The zero-order chi connectivity index (χ0) is 11.5. The number of aryl methyl sites for hydroxylation is 1. The maximum atomic E-state index is 12.8. The molecule has 1 rings (SSSR count). The van der Waals surface area contributed by atoms with Crippen LogP contribution in [0, 0.1) is 0 Å². The van der Waals surface area contributed by atoms with Gasteiger partial charge in [0.2, 0.25) is 5.91 Å². The SMILES string of the molecule is CC(F)(F)c1ccc(CCC(N)=O)cc1. The van der Waals surface area contributed by atoms with E-state index >= 15 is 0 Å². The Morgan fingerprint density at radius 3 is 2.27 bits per heavy atom. The van der Waals surface area contributed by atoms with Crippen molar-refractivity contribution in [1.29, 1.82) is 0 Å². The van der Waals surface area contributed by atoms with Gasteiger partial charge in [-0.3, -0.25) is 4.79 Å². The minimum Gasteiger partial charge on any atom is -0.370 e. The van der Waals surface area contributed by atoms with Crippen molar-refractivity contribution in [2.24, 2.45) is 5.73 Å². The maximum absolute atomic E-state index is 12.8. The fourth-order valence-corrected chi connectivity index (χ4v) is 1.23. The van der Waals surface area contributed by atoms with Crippen molar-refractivity contribution in [3.8, 4) is 0 Å². The van der Waals surface area contributed by atoms with E-state index in [0.29, 0.717) is 6.42 Å². The first-order valence-corrected chi connectivity index (χ1v) is 4.65. The minimum atomic E-state index is -2.82. The summed E-state index contributed by atoms with van der Waals surface area (Å²) in [6, 6.07) is 5.93. The second kappa shape index (κ2) is 4.38. The van der Waals surface area contributed by atoms with Crippen molar-refractivity contribution in [3.05, 3.63) is 35.4 Å². The first-order valence-electron chi connectivity index (χ1n) is 4.65. The molecular formula is C11H13F2NO. The number of rotatable bonds is 4. The van der Waals surface area contributed by atoms with Gasteiger partial charge in [0.15, 0.2) is 0 Å². The van der Waals surface area contributed by atoms with Gasteiger partial charge in [0.05, 0.1) is 0 Å². The van der Waals surface area contributed by atoms with Gasteiger partial charge in [0, 0.05) is 18.9 Å². The zero-order valence-electron chi connectivity index (χ0n) is 8.47. The summed E-state index contributed by atoms with van der Waals surface area (Å²) in [4.78, 5) is 10.5. The molecule has 0 bridgehead atoms. The average Bonchev–Trinajstić information content (AvgIpc) is 2.14. The van der Waals surface area contributed by atoms with Crippen LogP contribution in [0.15, 0.2) is 24.3 Å². The molecule has 0 unspecified atom stereocenters. The van der Waals surface area contributed by atoms with Crippen LogP contribution in [0.3, 0.4) is 0 Å². The molecule has 82 valence electrons. The van der Waals surface area contributed by atoms with E-state index in [0.717, 1.165) is 12.5 Å². The van der Waals surface area contributed by atoms with Gasteiger partial charge < -0.3 is 5.73 Å². The second-order valence-corrected chi connectivity index (χ2v) is 3.55. The van der Waals surface area contributed by atoms with Gasteiger partial charge in [-0.15, -0.1) is 0 Å². The largest absolute Gasteiger partial charge is 0.370 e. The Morgan fingerprint density at radius 2 is 1.87 bits per heavy atom. The van der Waals surface area contributed by atoms with Gasteiger partial charge in [-0.2, -0.15) is 0 Å². The van der Waals surface area contributed by atoms with Crippen molar-refractivity contribution >= 4 is 5.91 Å². The van der Waals surface area contributed by atoms with Crippen LogP contribution in [0.1, 0.15) is 24.5 Å². The van der Waals surface area contributed by atoms with Crippen molar-refractivity contribution in [2.45, 2.75) is 25.7 Å². The Labute approximate surface area is 87.1 Å². The van der Waals surface area contributed by atoms with Crippen LogP contribution in [0.25, 0.3) is 0 Å². The van der Waals surface area contributed by atoms with Gasteiger partial charge in [-0.25, -0.2) is 8.78 Å². The fourth-order valence-electron chi connectivity index (χ4n) is 1.23. The molecule has 15 heavy (non-hydrogen) atoms. The third kappa shape index (κ3) is 3.65. The van der Waals surface area contributed by atoms with Gasteiger partial charge in [0.1, 0.15) is 0 Å². The van der Waals surface area contributed by atoms with Gasteiger partial charge >= 0.3 is 0 Å². The Hall–Kier alpha value is -1.45. The Morgan fingerprint density at radius 1 is 1.33 bits per heavy atom. The molecule has 0 atom stereocenters. The van der Waals surface area contributed by atoms with E-state index in [2.05, 4.69) is 0 Å². The number of alkyl halides is 2. The summed E-state index contributed by atoms with van der Waals surface area (Å²) >= 11 is 0. The lowest BCUT2D eigenvalue weighted by Crippen LogP contribution is -2.11. The van der Waals surface area contributed by atoms with Crippen LogP contribution in [-0.4, -0.2) is 5.91 Å². The number of carbonyl (C=O) groups is 1. The van der Waals surface area contributed by atoms with Crippen molar-refractivity contribution in [1.82, 2.24) is 0 Å². The van der Waals surface area contributed by atoms with Crippen LogP contribution in [-0.2, 0) is 17.1 Å². The van der Waals surface area contributed by atoms with E-state index in [1.807, 2.05) is 0 Å². The number of benzene rings is 1. The molecule has 2 N–H and O–H groups in total. The number of amides is 1. The molecule has 4 heteroatoms. The Kier molecular flexibility index (Phi) is 3.39. The molecule has 0 radical (unpaired) electrons. The van der Waals surface area contributed by atoms with Crippen molar-refractivity contribution in [2.75, 3.05) is 0 Å². The Balaban J connectivity index is 2.69. The second-order valence-electron chi connectivity index (χ2n) is 3.55. The molecule has 0 aromatic heterocycles. The van der Waals surface area contributed by atoms with E-state index in [4.69, 9.17) is 5.73 Å². The molecular weight excluding hydrogens is 200 g/mol. The van der Waals surface area contributed by atoms with Crippen LogP contribution >= 0.6 is 0 Å². The number of nitrogens with two attached hydrogens (primary N) is 1. The molecule has 0 aliphatic carbocycles. The molecule has 2 nitrogen and oxygen atoms in total. The van der Waals surface area contributed by atoms with Crippen LogP contribution in [0.2, 0.25) is 0 Å². The molecule has 0 heterocycles. The summed E-state index contributed by atoms with van der Waals surface area (Å²) in [6.07, 6.45) is 0.729. The van der Waals surface area contributed by atoms with Crippen molar-refractivity contribution in [3.63, 3.8) is 0 Å². The summed E-state index contributed by atoms with van der Waals surface area (Å²) in [5.41, 5.74) is 5.79. The molecule has 0 aliphatic rings. The summed E-state index contributed by atoms with van der Waals surface area (Å²) in [5.74, 6) is -3.21. The third-order valence-electron chi connectivity index (χ3n) is 2.12. The smallest absolute Gasteiger partial charge is 0.270 e. The van der Waals surface area contributed by atoms with Gasteiger partial charge in [0.25, 0.3) is 5.92 Å². The number of halogens is 2. The zero-order valence-corrected chi connectivity index (χ0v) is 8.47. The Bertz CT molecular complexity index is 341. The molecule has 0 saturated carbocycles. The molecule has 0 spiro atoms. The highest BCUT2D eigenvalue weighted by Gasteiger charge is 2.23. The highest BCUT2D eigenvalue weighted by Crippen LogP contribution is 2.26. The van der Waals surface area contributed by atoms with E-state index < -0.39 is 5.92 Å². The normalized spacial score (nSPS) is 11.4. The quantitative estimate of drug-likeness (QED) is 0.818. The first-order chi connectivity index (χ1) is 6.89. The summed E-state index contributed by atoms with van der Waals surface area (Å²) < 4.78 is 25.7. The lowest BCUT2D eigenvalue weighted by atomic mass is 10.0. The standard InChI is InChI=1S/C11H13F2NO/c1-11(12,13)9-5-2-8(3-6-9)4-7-10(14)15/h2-3,5-6H,4,7H2,1H3,(H2,14,15). The summed E-state index contributed by atoms with van der Waals surface area (Å²) in [6.45, 7) is 0.853. The molecule has 0 saturated heterocycles. The minimum absolute atomic E-state index is 0.0228.